The molecule has 0 saturated carbocycles. The lowest BCUT2D eigenvalue weighted by Gasteiger charge is -2.17. The Hall–Kier alpha value is -3.20. The van der Waals surface area contributed by atoms with E-state index < -0.39 is 6.03 Å². The first-order valence-corrected chi connectivity index (χ1v) is 7.47. The summed E-state index contributed by atoms with van der Waals surface area (Å²) >= 11 is 0. The second kappa shape index (κ2) is 8.60. The summed E-state index contributed by atoms with van der Waals surface area (Å²) in [5, 5.41) is 7.93. The molecule has 3 N–H and O–H groups in total. The van der Waals surface area contributed by atoms with Crippen LogP contribution in [0.15, 0.2) is 36.8 Å². The molecule has 25 heavy (non-hydrogen) atoms. The fraction of sp³-hybridized carbons (Fsp3) is 0.250. The van der Waals surface area contributed by atoms with Crippen LogP contribution in [0.4, 0.5) is 22.0 Å². The summed E-state index contributed by atoms with van der Waals surface area (Å²) in [6, 6.07) is 4.47. The molecule has 0 aliphatic rings. The molecule has 2 rings (SSSR count). The number of aromatic nitrogens is 2. The number of carbonyl (C=O) groups excluding carboxylic acids is 2. The van der Waals surface area contributed by atoms with Gasteiger partial charge in [-0.15, -0.1) is 0 Å². The molecular formula is C16H20N6O3. The van der Waals surface area contributed by atoms with Crippen molar-refractivity contribution in [2.75, 3.05) is 36.8 Å². The van der Waals surface area contributed by atoms with Crippen LogP contribution in [0.5, 0.6) is 5.75 Å². The number of hydrogen-bond acceptors (Lipinski definition) is 6. The molecule has 9 nitrogen and oxygen atoms in total. The topological polar surface area (TPSA) is 108 Å². The SMILES string of the molecule is CC(=O)Nc1ccc(NC(=O)Nc2cnccn2)c(OCN(C)C)c1. The lowest BCUT2D eigenvalue weighted by molar-refractivity contribution is -0.114. The number of amides is 3. The minimum Gasteiger partial charge on any atom is -0.476 e. The molecule has 132 valence electrons. The fourth-order valence-electron chi connectivity index (χ4n) is 1.86. The minimum absolute atomic E-state index is 0.195. The lowest BCUT2D eigenvalue weighted by atomic mass is 10.2. The zero-order valence-electron chi connectivity index (χ0n) is 14.2. The van der Waals surface area contributed by atoms with Gasteiger partial charge in [-0.1, -0.05) is 0 Å². The molecule has 1 aromatic heterocycles. The first-order chi connectivity index (χ1) is 11.9. The Bertz CT molecular complexity index is 736. The molecule has 0 saturated heterocycles. The maximum atomic E-state index is 12.1. The first kappa shape index (κ1) is 18.1. The molecular weight excluding hydrogens is 324 g/mol. The number of ether oxygens (including phenoxy) is 1. The van der Waals surface area contributed by atoms with Gasteiger partial charge in [-0.2, -0.15) is 0 Å². The number of nitrogens with one attached hydrogen (secondary N) is 3. The third-order valence-electron chi connectivity index (χ3n) is 2.83. The van der Waals surface area contributed by atoms with Gasteiger partial charge >= 0.3 is 6.03 Å². The van der Waals surface area contributed by atoms with Crippen molar-refractivity contribution in [3.05, 3.63) is 36.8 Å². The number of carbonyl (C=O) groups is 2. The number of anilines is 3. The summed E-state index contributed by atoms with van der Waals surface area (Å²) in [7, 11) is 3.71. The van der Waals surface area contributed by atoms with Gasteiger partial charge in [0.1, 0.15) is 12.5 Å². The van der Waals surface area contributed by atoms with Gasteiger partial charge in [0.15, 0.2) is 5.82 Å². The van der Waals surface area contributed by atoms with Crippen LogP contribution in [0.2, 0.25) is 0 Å². The molecule has 0 atom stereocenters. The van der Waals surface area contributed by atoms with E-state index in [1.54, 1.807) is 18.2 Å². The maximum Gasteiger partial charge on any atom is 0.324 e. The van der Waals surface area contributed by atoms with Crippen LogP contribution in [-0.4, -0.2) is 47.6 Å². The van der Waals surface area contributed by atoms with Crippen LogP contribution in [0.25, 0.3) is 0 Å². The molecule has 9 heteroatoms. The van der Waals surface area contributed by atoms with Gasteiger partial charge in [-0.25, -0.2) is 9.78 Å². The number of urea groups is 1. The molecule has 1 heterocycles. The minimum atomic E-state index is -0.484. The van der Waals surface area contributed by atoms with E-state index in [1.807, 2.05) is 19.0 Å². The highest BCUT2D eigenvalue weighted by Crippen LogP contribution is 2.28. The van der Waals surface area contributed by atoms with Gasteiger partial charge in [0.25, 0.3) is 0 Å². The normalized spacial score (nSPS) is 10.2. The second-order valence-electron chi connectivity index (χ2n) is 5.42. The van der Waals surface area contributed by atoms with Gasteiger partial charge in [0, 0.05) is 31.1 Å². The average Bonchev–Trinajstić information content (AvgIpc) is 2.55. The van der Waals surface area contributed by atoms with E-state index in [2.05, 4.69) is 25.9 Å². The summed E-state index contributed by atoms with van der Waals surface area (Å²) in [4.78, 5) is 33.0. The monoisotopic (exact) mass is 344 g/mol. The zero-order valence-corrected chi connectivity index (χ0v) is 14.2. The van der Waals surface area contributed by atoms with E-state index in [0.717, 1.165) is 0 Å². The van der Waals surface area contributed by atoms with Crippen molar-refractivity contribution in [1.82, 2.24) is 14.9 Å². The van der Waals surface area contributed by atoms with Crippen molar-refractivity contribution in [3.63, 3.8) is 0 Å². The van der Waals surface area contributed by atoms with Gasteiger partial charge in [0.05, 0.1) is 11.9 Å². The van der Waals surface area contributed by atoms with Crippen LogP contribution in [0.3, 0.4) is 0 Å². The van der Waals surface area contributed by atoms with E-state index in [9.17, 15) is 9.59 Å². The average molecular weight is 344 g/mol. The predicted molar refractivity (Wildman–Crippen MR) is 94.6 cm³/mol. The van der Waals surface area contributed by atoms with Crippen molar-refractivity contribution in [2.24, 2.45) is 0 Å². The number of hydrogen-bond donors (Lipinski definition) is 3. The first-order valence-electron chi connectivity index (χ1n) is 7.47. The van der Waals surface area contributed by atoms with E-state index in [-0.39, 0.29) is 5.91 Å². The van der Waals surface area contributed by atoms with Crippen molar-refractivity contribution >= 4 is 29.1 Å². The van der Waals surface area contributed by atoms with E-state index in [4.69, 9.17) is 4.74 Å². The second-order valence-corrected chi connectivity index (χ2v) is 5.42. The van der Waals surface area contributed by atoms with Crippen molar-refractivity contribution < 1.29 is 14.3 Å². The summed E-state index contributed by atoms with van der Waals surface area (Å²) in [6.45, 7) is 1.73. The fourth-order valence-corrected chi connectivity index (χ4v) is 1.86. The smallest absolute Gasteiger partial charge is 0.324 e. The molecule has 0 aliphatic carbocycles. The van der Waals surface area contributed by atoms with Gasteiger partial charge in [0.2, 0.25) is 5.91 Å². The zero-order chi connectivity index (χ0) is 18.2. The van der Waals surface area contributed by atoms with Crippen LogP contribution in [-0.2, 0) is 4.79 Å². The van der Waals surface area contributed by atoms with Crippen LogP contribution in [0, 0.1) is 0 Å². The summed E-state index contributed by atoms with van der Waals surface area (Å²) in [5.41, 5.74) is 1.03. The standard InChI is InChI=1S/C16H20N6O3/c1-11(23)19-12-4-5-13(14(8-12)25-10-22(2)3)20-16(24)21-15-9-17-6-7-18-15/h4-9H,10H2,1-3H3,(H,19,23)(H2,18,20,21,24). The Morgan fingerprint density at radius 3 is 2.60 bits per heavy atom. The van der Waals surface area contributed by atoms with Crippen molar-refractivity contribution in [2.45, 2.75) is 6.92 Å². The molecule has 0 spiro atoms. The highest BCUT2D eigenvalue weighted by molar-refractivity contribution is 6.00. The third-order valence-corrected chi connectivity index (χ3v) is 2.83. The quantitative estimate of drug-likeness (QED) is 0.692. The van der Waals surface area contributed by atoms with E-state index in [0.29, 0.717) is 29.7 Å². The predicted octanol–water partition coefficient (Wildman–Crippen LogP) is 1.98. The Labute approximate surface area is 145 Å². The molecule has 0 radical (unpaired) electrons. The molecule has 0 fully saturated rings. The summed E-state index contributed by atoms with van der Waals surface area (Å²) in [5.74, 6) is 0.555. The van der Waals surface area contributed by atoms with E-state index in [1.165, 1.54) is 25.5 Å². The van der Waals surface area contributed by atoms with Crippen molar-refractivity contribution in [3.8, 4) is 5.75 Å². The van der Waals surface area contributed by atoms with Crippen LogP contribution < -0.4 is 20.7 Å². The lowest BCUT2D eigenvalue weighted by Crippen LogP contribution is -2.22. The number of benzene rings is 1. The molecule has 0 bridgehead atoms. The number of rotatable bonds is 6. The Morgan fingerprint density at radius 2 is 1.96 bits per heavy atom. The Balaban J connectivity index is 2.13. The number of nitrogens with zero attached hydrogens (tertiary/aromatic N) is 3. The molecule has 0 aliphatic heterocycles. The van der Waals surface area contributed by atoms with Crippen molar-refractivity contribution in [1.29, 1.82) is 0 Å². The van der Waals surface area contributed by atoms with Crippen LogP contribution in [0.1, 0.15) is 6.92 Å². The third kappa shape index (κ3) is 6.07. The van der Waals surface area contributed by atoms with Gasteiger partial charge in [-0.05, 0) is 26.2 Å². The largest absolute Gasteiger partial charge is 0.476 e. The highest BCUT2D eigenvalue weighted by atomic mass is 16.5. The maximum absolute atomic E-state index is 12.1. The molecule has 0 unspecified atom stereocenters. The van der Waals surface area contributed by atoms with Gasteiger partial charge < -0.3 is 15.4 Å². The molecule has 1 aromatic carbocycles. The highest BCUT2D eigenvalue weighted by Gasteiger charge is 2.11. The Morgan fingerprint density at radius 1 is 1.16 bits per heavy atom. The Kier molecular flexibility index (Phi) is 6.24. The molecule has 3 amide bonds. The summed E-state index contributed by atoms with van der Waals surface area (Å²) < 4.78 is 5.68. The van der Waals surface area contributed by atoms with Crippen LogP contribution >= 0.6 is 0 Å². The van der Waals surface area contributed by atoms with E-state index >= 15 is 0 Å². The van der Waals surface area contributed by atoms with Gasteiger partial charge in [-0.3, -0.25) is 20.0 Å². The molecule has 2 aromatic rings. The summed E-state index contributed by atoms with van der Waals surface area (Å²) in [6.07, 6.45) is 4.42.